The highest BCUT2D eigenvalue weighted by Gasteiger charge is 2.30. The van der Waals surface area contributed by atoms with Crippen LogP contribution in [-0.2, 0) is 6.42 Å². The van der Waals surface area contributed by atoms with Crippen LogP contribution in [-0.4, -0.2) is 16.2 Å². The highest BCUT2D eigenvalue weighted by Crippen LogP contribution is 2.33. The van der Waals surface area contributed by atoms with Crippen LogP contribution in [0, 0.1) is 17.6 Å². The van der Waals surface area contributed by atoms with Crippen molar-refractivity contribution in [1.82, 2.24) is 10.1 Å². The third-order valence-corrected chi connectivity index (χ3v) is 4.16. The molecule has 1 unspecified atom stereocenters. The molecule has 0 saturated heterocycles. The lowest BCUT2D eigenvalue weighted by atomic mass is 10.1. The molecule has 1 atom stereocenters. The predicted octanol–water partition coefficient (Wildman–Crippen LogP) is 3.06. The second kappa shape index (κ2) is 5.21. The van der Waals surface area contributed by atoms with Crippen molar-refractivity contribution in [1.29, 1.82) is 0 Å². The van der Waals surface area contributed by atoms with Gasteiger partial charge in [-0.05, 0) is 46.8 Å². The molecular formula is C13H12BrF2N3O. The third kappa shape index (κ3) is 2.60. The van der Waals surface area contributed by atoms with E-state index in [1.165, 1.54) is 6.07 Å². The largest absolute Gasteiger partial charge is 0.339 e. The van der Waals surface area contributed by atoms with Gasteiger partial charge in [-0.1, -0.05) is 5.16 Å². The maximum atomic E-state index is 13.5. The van der Waals surface area contributed by atoms with Gasteiger partial charge in [-0.25, -0.2) is 8.78 Å². The van der Waals surface area contributed by atoms with Crippen LogP contribution < -0.4 is 5.73 Å². The van der Waals surface area contributed by atoms with Crippen molar-refractivity contribution < 1.29 is 13.3 Å². The average molecular weight is 344 g/mol. The monoisotopic (exact) mass is 343 g/mol. The Kier molecular flexibility index (Phi) is 3.55. The minimum absolute atomic E-state index is 0.0108. The molecule has 0 aliphatic heterocycles. The van der Waals surface area contributed by atoms with Crippen molar-refractivity contribution in [2.75, 3.05) is 0 Å². The van der Waals surface area contributed by atoms with Crippen LogP contribution in [0.4, 0.5) is 8.78 Å². The number of benzene rings is 1. The zero-order chi connectivity index (χ0) is 14.3. The maximum absolute atomic E-state index is 13.5. The first-order valence-corrected chi connectivity index (χ1v) is 7.07. The molecule has 0 bridgehead atoms. The number of hydrogen-bond donors (Lipinski definition) is 1. The fourth-order valence-electron chi connectivity index (χ4n) is 2.04. The van der Waals surface area contributed by atoms with Gasteiger partial charge in [-0.2, -0.15) is 4.98 Å². The standard InChI is InChI=1S/C13H12BrF2N3O/c14-11-7(3-4-8(15)12(11)16)13-18-10(20-19-13)5-9(17)6-1-2-6/h3-4,6,9H,1-2,5,17H2. The molecule has 0 spiro atoms. The molecule has 4 nitrogen and oxygen atoms in total. The Hall–Kier alpha value is -1.34. The summed E-state index contributed by atoms with van der Waals surface area (Å²) in [7, 11) is 0. The molecule has 2 aromatic rings. The van der Waals surface area contributed by atoms with E-state index in [1.807, 2.05) is 0 Å². The molecule has 1 heterocycles. The molecule has 0 amide bonds. The van der Waals surface area contributed by atoms with Gasteiger partial charge in [-0.15, -0.1) is 0 Å². The Bertz CT molecular complexity index is 643. The zero-order valence-corrected chi connectivity index (χ0v) is 12.0. The maximum Gasteiger partial charge on any atom is 0.228 e. The molecule has 1 aliphatic rings. The van der Waals surface area contributed by atoms with Gasteiger partial charge in [0.25, 0.3) is 0 Å². The Morgan fingerprint density at radius 1 is 1.40 bits per heavy atom. The van der Waals surface area contributed by atoms with E-state index in [9.17, 15) is 8.78 Å². The molecular weight excluding hydrogens is 332 g/mol. The summed E-state index contributed by atoms with van der Waals surface area (Å²) in [5.74, 6) is -0.742. The van der Waals surface area contributed by atoms with Crippen LogP contribution in [0.2, 0.25) is 0 Å². The fourth-order valence-corrected chi connectivity index (χ4v) is 2.54. The SMILES string of the molecule is NC(Cc1nc(-c2ccc(F)c(F)c2Br)no1)C1CC1. The summed E-state index contributed by atoms with van der Waals surface area (Å²) in [5, 5.41) is 3.79. The molecule has 3 rings (SSSR count). The topological polar surface area (TPSA) is 64.9 Å². The van der Waals surface area contributed by atoms with Crippen molar-refractivity contribution >= 4 is 15.9 Å². The molecule has 1 aliphatic carbocycles. The normalized spacial score (nSPS) is 16.4. The van der Waals surface area contributed by atoms with E-state index in [2.05, 4.69) is 26.1 Å². The smallest absolute Gasteiger partial charge is 0.228 e. The summed E-state index contributed by atoms with van der Waals surface area (Å²) in [6, 6.07) is 2.44. The summed E-state index contributed by atoms with van der Waals surface area (Å²) in [5.41, 5.74) is 6.33. The van der Waals surface area contributed by atoms with Crippen LogP contribution in [0.25, 0.3) is 11.4 Å². The second-order valence-electron chi connectivity index (χ2n) is 4.94. The van der Waals surface area contributed by atoms with Gasteiger partial charge in [0.1, 0.15) is 0 Å². The number of aromatic nitrogens is 2. The predicted molar refractivity (Wildman–Crippen MR) is 71.8 cm³/mol. The highest BCUT2D eigenvalue weighted by molar-refractivity contribution is 9.10. The molecule has 106 valence electrons. The van der Waals surface area contributed by atoms with E-state index < -0.39 is 11.6 Å². The van der Waals surface area contributed by atoms with Crippen LogP contribution in [0.5, 0.6) is 0 Å². The number of rotatable bonds is 4. The summed E-state index contributed by atoms with van der Waals surface area (Å²) in [4.78, 5) is 4.19. The highest BCUT2D eigenvalue weighted by atomic mass is 79.9. The van der Waals surface area contributed by atoms with E-state index in [-0.39, 0.29) is 16.3 Å². The van der Waals surface area contributed by atoms with E-state index in [0.29, 0.717) is 23.8 Å². The number of halogens is 3. The van der Waals surface area contributed by atoms with Crippen LogP contribution >= 0.6 is 15.9 Å². The van der Waals surface area contributed by atoms with Gasteiger partial charge in [-0.3, -0.25) is 0 Å². The van der Waals surface area contributed by atoms with Crippen LogP contribution in [0.3, 0.4) is 0 Å². The Morgan fingerprint density at radius 2 is 2.15 bits per heavy atom. The first kappa shape index (κ1) is 13.6. The summed E-state index contributed by atoms with van der Waals surface area (Å²) < 4.78 is 31.6. The van der Waals surface area contributed by atoms with E-state index in [1.54, 1.807) is 0 Å². The second-order valence-corrected chi connectivity index (χ2v) is 5.73. The van der Waals surface area contributed by atoms with Crippen LogP contribution in [0.15, 0.2) is 21.1 Å². The molecule has 2 N–H and O–H groups in total. The van der Waals surface area contributed by atoms with Gasteiger partial charge in [0.05, 0.1) is 4.47 Å². The quantitative estimate of drug-likeness (QED) is 0.866. The third-order valence-electron chi connectivity index (χ3n) is 3.38. The van der Waals surface area contributed by atoms with Gasteiger partial charge < -0.3 is 10.3 Å². The van der Waals surface area contributed by atoms with Crippen LogP contribution in [0.1, 0.15) is 18.7 Å². The molecule has 1 aromatic carbocycles. The van der Waals surface area contributed by atoms with E-state index in [4.69, 9.17) is 10.3 Å². The summed E-state index contributed by atoms with van der Waals surface area (Å²) >= 11 is 3.00. The summed E-state index contributed by atoms with van der Waals surface area (Å²) in [6.07, 6.45) is 2.77. The van der Waals surface area contributed by atoms with Gasteiger partial charge in [0.15, 0.2) is 11.6 Å². The van der Waals surface area contributed by atoms with Crippen molar-refractivity contribution in [3.8, 4) is 11.4 Å². The molecule has 1 saturated carbocycles. The lowest BCUT2D eigenvalue weighted by Crippen LogP contribution is -2.25. The number of nitrogens with two attached hydrogens (primary N) is 1. The number of nitrogens with zero attached hydrogens (tertiary/aromatic N) is 2. The molecule has 1 aromatic heterocycles. The first-order valence-electron chi connectivity index (χ1n) is 6.28. The van der Waals surface area contributed by atoms with Crippen molar-refractivity contribution in [2.24, 2.45) is 11.7 Å². The van der Waals surface area contributed by atoms with Gasteiger partial charge in [0.2, 0.25) is 11.7 Å². The Labute approximate surface area is 122 Å². The number of hydrogen-bond acceptors (Lipinski definition) is 4. The minimum atomic E-state index is -0.969. The lowest BCUT2D eigenvalue weighted by molar-refractivity contribution is 0.363. The van der Waals surface area contributed by atoms with E-state index >= 15 is 0 Å². The molecule has 0 radical (unpaired) electrons. The fraction of sp³-hybridized carbons (Fsp3) is 0.385. The minimum Gasteiger partial charge on any atom is -0.339 e. The molecule has 20 heavy (non-hydrogen) atoms. The van der Waals surface area contributed by atoms with Gasteiger partial charge >= 0.3 is 0 Å². The molecule has 1 fully saturated rings. The van der Waals surface area contributed by atoms with E-state index in [0.717, 1.165) is 18.9 Å². The van der Waals surface area contributed by atoms with Crippen molar-refractivity contribution in [3.05, 3.63) is 34.1 Å². The Balaban J connectivity index is 1.84. The van der Waals surface area contributed by atoms with Crippen molar-refractivity contribution in [2.45, 2.75) is 25.3 Å². The zero-order valence-electron chi connectivity index (χ0n) is 10.4. The Morgan fingerprint density at radius 3 is 2.85 bits per heavy atom. The molecule has 7 heteroatoms. The average Bonchev–Trinajstić information content (AvgIpc) is 3.18. The van der Waals surface area contributed by atoms with Crippen molar-refractivity contribution in [3.63, 3.8) is 0 Å². The first-order chi connectivity index (χ1) is 9.56. The summed E-state index contributed by atoms with van der Waals surface area (Å²) in [6.45, 7) is 0. The lowest BCUT2D eigenvalue weighted by Gasteiger charge is -2.04. The van der Waals surface area contributed by atoms with Gasteiger partial charge in [0, 0.05) is 18.0 Å².